The van der Waals surface area contributed by atoms with Crippen LogP contribution in [0.1, 0.15) is 19.4 Å². The summed E-state index contributed by atoms with van der Waals surface area (Å²) in [5, 5.41) is 11.3. The first kappa shape index (κ1) is 11.7. The predicted molar refractivity (Wildman–Crippen MR) is 62.0 cm³/mol. The van der Waals surface area contributed by atoms with E-state index in [1.165, 1.54) is 0 Å². The van der Waals surface area contributed by atoms with Crippen LogP contribution in [0.25, 0.3) is 10.9 Å². The summed E-state index contributed by atoms with van der Waals surface area (Å²) in [5.74, 6) is -0.770. The van der Waals surface area contributed by atoms with E-state index in [2.05, 4.69) is 4.89 Å². The van der Waals surface area contributed by atoms with Crippen LogP contribution in [0.5, 0.6) is 0 Å². The second-order valence-electron chi connectivity index (χ2n) is 4.67. The number of carbonyl (C=O) groups is 1. The van der Waals surface area contributed by atoms with Gasteiger partial charge in [0.05, 0.1) is 5.41 Å². The van der Waals surface area contributed by atoms with E-state index in [0.717, 1.165) is 16.5 Å². The predicted octanol–water partition coefficient (Wildman–Crippen LogP) is 1.27. The number of para-hydroxylation sites is 1. The quantitative estimate of drug-likeness (QED) is 0.579. The van der Waals surface area contributed by atoms with Crippen molar-refractivity contribution >= 4 is 16.9 Å². The van der Waals surface area contributed by atoms with Crippen LogP contribution >= 0.6 is 0 Å². The zero-order chi connectivity index (χ0) is 12.6. The number of aryl methyl sites for hydroxylation is 1. The van der Waals surface area contributed by atoms with Gasteiger partial charge in [-0.1, -0.05) is 18.2 Å². The lowest BCUT2D eigenvalue weighted by Gasteiger charge is -2.23. The third-order valence-corrected chi connectivity index (χ3v) is 3.16. The molecule has 0 radical (unpaired) electrons. The second-order valence-corrected chi connectivity index (χ2v) is 4.67. The van der Waals surface area contributed by atoms with Crippen LogP contribution in [-0.2, 0) is 22.1 Å². The Balaban J connectivity index is 2.68. The first-order valence-electron chi connectivity index (χ1n) is 5.37. The van der Waals surface area contributed by atoms with E-state index < -0.39 is 11.4 Å². The molecular weight excluding hydrogens is 218 g/mol. The molecule has 4 heteroatoms. The Morgan fingerprint density at radius 1 is 1.35 bits per heavy atom. The average Bonchev–Trinajstić information content (AvgIpc) is 2.67. The number of hydrogen-bond acceptors (Lipinski definition) is 3. The van der Waals surface area contributed by atoms with Crippen molar-refractivity contribution in [1.29, 1.82) is 0 Å². The molecule has 0 spiro atoms. The maximum absolute atomic E-state index is 11.5. The topological polar surface area (TPSA) is 54.3 Å². The van der Waals surface area contributed by atoms with Gasteiger partial charge in [0.2, 0.25) is 0 Å². The smallest absolute Gasteiger partial charge is 0.310 e. The summed E-state index contributed by atoms with van der Waals surface area (Å²) < 4.78 is 1.94. The Morgan fingerprint density at radius 2 is 2.00 bits per heavy atom. The molecular formula is C13H14NO3-. The molecule has 0 atom stereocenters. The molecule has 0 aliphatic heterocycles. The van der Waals surface area contributed by atoms with E-state index in [0.29, 0.717) is 0 Å². The molecule has 1 heterocycles. The van der Waals surface area contributed by atoms with Crippen LogP contribution in [0.4, 0.5) is 0 Å². The summed E-state index contributed by atoms with van der Waals surface area (Å²) in [6.07, 6.45) is 1.86. The molecule has 0 amide bonds. The summed E-state index contributed by atoms with van der Waals surface area (Å²) in [6, 6.07) is 7.75. The zero-order valence-corrected chi connectivity index (χ0v) is 10.1. The maximum atomic E-state index is 11.5. The maximum Gasteiger partial charge on any atom is 0.310 e. The van der Waals surface area contributed by atoms with Gasteiger partial charge in [0.25, 0.3) is 0 Å². The van der Waals surface area contributed by atoms with Crippen molar-refractivity contribution in [3.63, 3.8) is 0 Å². The van der Waals surface area contributed by atoms with Crippen molar-refractivity contribution in [2.75, 3.05) is 0 Å². The Hall–Kier alpha value is -1.81. The summed E-state index contributed by atoms with van der Waals surface area (Å²) in [5.41, 5.74) is 0.883. The molecule has 0 N–H and O–H groups in total. The number of fused-ring (bicyclic) bond motifs is 1. The van der Waals surface area contributed by atoms with Gasteiger partial charge in [-0.05, 0) is 25.5 Å². The van der Waals surface area contributed by atoms with Gasteiger partial charge in [-0.25, -0.2) is 0 Å². The fourth-order valence-electron chi connectivity index (χ4n) is 2.05. The highest BCUT2D eigenvalue weighted by atomic mass is 17.1. The van der Waals surface area contributed by atoms with Crippen LogP contribution in [0, 0.1) is 0 Å². The molecule has 2 rings (SSSR count). The monoisotopic (exact) mass is 232 g/mol. The Labute approximate surface area is 99.4 Å². The summed E-state index contributed by atoms with van der Waals surface area (Å²) >= 11 is 0. The molecule has 1 aromatic carbocycles. The molecule has 2 aromatic rings. The van der Waals surface area contributed by atoms with E-state index in [-0.39, 0.29) is 0 Å². The highest BCUT2D eigenvalue weighted by molar-refractivity contribution is 5.92. The number of benzene rings is 1. The number of nitrogens with zero attached hydrogens (tertiary/aromatic N) is 1. The van der Waals surface area contributed by atoms with Gasteiger partial charge in [0.1, 0.15) is 0 Å². The van der Waals surface area contributed by atoms with Crippen molar-refractivity contribution in [3.8, 4) is 0 Å². The molecule has 0 aliphatic rings. The second kappa shape index (κ2) is 3.89. The fourth-order valence-corrected chi connectivity index (χ4v) is 2.05. The van der Waals surface area contributed by atoms with E-state index >= 15 is 0 Å². The van der Waals surface area contributed by atoms with Crippen LogP contribution in [-0.4, -0.2) is 10.5 Å². The highest BCUT2D eigenvalue weighted by Crippen LogP contribution is 2.32. The molecule has 0 saturated heterocycles. The molecule has 4 nitrogen and oxygen atoms in total. The van der Waals surface area contributed by atoms with E-state index in [4.69, 9.17) is 0 Å². The minimum atomic E-state index is -0.942. The molecule has 0 unspecified atom stereocenters. The van der Waals surface area contributed by atoms with E-state index in [1.807, 2.05) is 42.1 Å². The molecule has 90 valence electrons. The zero-order valence-electron chi connectivity index (χ0n) is 10.1. The van der Waals surface area contributed by atoms with Gasteiger partial charge in [-0.15, -0.1) is 0 Å². The van der Waals surface area contributed by atoms with Crippen LogP contribution in [0.2, 0.25) is 0 Å². The average molecular weight is 232 g/mol. The molecule has 0 bridgehead atoms. The standard InChI is InChI=1S/C13H15NO3/c1-13(2,12(15)17-16)10-8-14(3)11-7-5-4-6-9(10)11/h4-8,16H,1-3H3/p-1. The van der Waals surface area contributed by atoms with Gasteiger partial charge in [-0.3, -0.25) is 4.79 Å². The summed E-state index contributed by atoms with van der Waals surface area (Å²) in [7, 11) is 1.91. The van der Waals surface area contributed by atoms with Crippen molar-refractivity contribution in [1.82, 2.24) is 4.57 Å². The summed E-state index contributed by atoms with van der Waals surface area (Å²) in [6.45, 7) is 3.38. The van der Waals surface area contributed by atoms with Gasteiger partial charge in [0.15, 0.2) is 0 Å². The molecule has 0 fully saturated rings. The lowest BCUT2D eigenvalue weighted by molar-refractivity contribution is -0.658. The normalized spacial score (nSPS) is 11.8. The molecule has 17 heavy (non-hydrogen) atoms. The summed E-state index contributed by atoms with van der Waals surface area (Å²) in [4.78, 5) is 15.2. The first-order valence-corrected chi connectivity index (χ1v) is 5.37. The minimum absolute atomic E-state index is 0.770. The van der Waals surface area contributed by atoms with E-state index in [9.17, 15) is 10.1 Å². The molecule has 1 aromatic heterocycles. The van der Waals surface area contributed by atoms with Crippen LogP contribution < -0.4 is 5.26 Å². The third-order valence-electron chi connectivity index (χ3n) is 3.16. The van der Waals surface area contributed by atoms with Crippen molar-refractivity contribution in [2.24, 2.45) is 7.05 Å². The van der Waals surface area contributed by atoms with Crippen LogP contribution in [0.3, 0.4) is 0 Å². The number of hydrogen-bond donors (Lipinski definition) is 0. The SMILES string of the molecule is Cn1cc(C(C)(C)C(=O)O[O-])c2ccccc21. The highest BCUT2D eigenvalue weighted by Gasteiger charge is 2.32. The lowest BCUT2D eigenvalue weighted by Crippen LogP contribution is -2.34. The molecule has 0 aliphatic carbocycles. The van der Waals surface area contributed by atoms with Crippen molar-refractivity contribution in [2.45, 2.75) is 19.3 Å². The third kappa shape index (κ3) is 1.70. The minimum Gasteiger partial charge on any atom is -0.662 e. The number of carbonyl (C=O) groups excluding carboxylic acids is 1. The first-order chi connectivity index (χ1) is 7.98. The number of aromatic nitrogens is 1. The lowest BCUT2D eigenvalue weighted by atomic mass is 9.84. The van der Waals surface area contributed by atoms with Gasteiger partial charge < -0.3 is 14.7 Å². The van der Waals surface area contributed by atoms with Gasteiger partial charge in [-0.2, -0.15) is 0 Å². The Bertz CT molecular complexity index is 569. The van der Waals surface area contributed by atoms with Crippen molar-refractivity contribution < 1.29 is 14.9 Å². The van der Waals surface area contributed by atoms with Gasteiger partial charge >= 0.3 is 5.97 Å². The van der Waals surface area contributed by atoms with E-state index in [1.54, 1.807) is 13.8 Å². The largest absolute Gasteiger partial charge is 0.662 e. The number of rotatable bonds is 2. The fraction of sp³-hybridized carbons (Fsp3) is 0.308. The Kier molecular flexibility index (Phi) is 2.67. The van der Waals surface area contributed by atoms with Crippen molar-refractivity contribution in [3.05, 3.63) is 36.0 Å². The van der Waals surface area contributed by atoms with Crippen LogP contribution in [0.15, 0.2) is 30.5 Å². The Morgan fingerprint density at radius 3 is 2.65 bits per heavy atom. The van der Waals surface area contributed by atoms with Gasteiger partial charge in [0, 0.05) is 24.1 Å². The molecule has 0 saturated carbocycles.